The number of hydrogen-bond donors (Lipinski definition) is 1. The highest BCUT2D eigenvalue weighted by Crippen LogP contribution is 2.33. The summed E-state index contributed by atoms with van der Waals surface area (Å²) in [4.78, 5) is 11.4. The van der Waals surface area contributed by atoms with E-state index in [4.69, 9.17) is 9.47 Å². The highest BCUT2D eigenvalue weighted by Gasteiger charge is 2.19. The number of carboxylic acid groups (broad SMARTS) is 1. The van der Waals surface area contributed by atoms with Crippen molar-refractivity contribution in [1.29, 1.82) is 0 Å². The molecule has 0 bridgehead atoms. The van der Waals surface area contributed by atoms with E-state index in [0.717, 1.165) is 0 Å². The number of aromatic carboxylic acids is 1. The third-order valence-corrected chi connectivity index (χ3v) is 3.15. The number of hydrogen-bond acceptors (Lipinski definition) is 4. The Bertz CT molecular complexity index is 662. The fourth-order valence-corrected chi connectivity index (χ4v) is 2.01. The molecule has 0 saturated carbocycles. The van der Waals surface area contributed by atoms with Crippen molar-refractivity contribution in [1.82, 2.24) is 9.78 Å². The monoisotopic (exact) mass is 290 g/mol. The van der Waals surface area contributed by atoms with Gasteiger partial charge in [-0.3, -0.25) is 4.68 Å². The van der Waals surface area contributed by atoms with Gasteiger partial charge < -0.3 is 14.6 Å². The van der Waals surface area contributed by atoms with Gasteiger partial charge >= 0.3 is 5.97 Å². The SMILES string of the molecule is COc1ccc(-c2nn(C(C)C)cc2C(=O)O)cc1OC. The first kappa shape index (κ1) is 14.9. The number of nitrogens with zero attached hydrogens (tertiary/aromatic N) is 2. The maximum absolute atomic E-state index is 11.4. The molecule has 1 heterocycles. The van der Waals surface area contributed by atoms with Crippen molar-refractivity contribution in [2.24, 2.45) is 0 Å². The molecule has 6 nitrogen and oxygen atoms in total. The van der Waals surface area contributed by atoms with Gasteiger partial charge in [-0.1, -0.05) is 0 Å². The molecule has 0 fully saturated rings. The number of benzene rings is 1. The zero-order valence-corrected chi connectivity index (χ0v) is 12.5. The van der Waals surface area contributed by atoms with Crippen molar-refractivity contribution in [2.75, 3.05) is 14.2 Å². The van der Waals surface area contributed by atoms with Gasteiger partial charge in [0.15, 0.2) is 11.5 Å². The van der Waals surface area contributed by atoms with Gasteiger partial charge in [0.2, 0.25) is 0 Å². The van der Waals surface area contributed by atoms with E-state index >= 15 is 0 Å². The maximum Gasteiger partial charge on any atom is 0.339 e. The van der Waals surface area contributed by atoms with E-state index in [1.807, 2.05) is 13.8 Å². The molecular weight excluding hydrogens is 272 g/mol. The second-order valence-corrected chi connectivity index (χ2v) is 4.84. The fourth-order valence-electron chi connectivity index (χ4n) is 2.01. The van der Waals surface area contributed by atoms with E-state index in [9.17, 15) is 9.90 Å². The molecule has 0 spiro atoms. The van der Waals surface area contributed by atoms with Crippen LogP contribution in [0.1, 0.15) is 30.2 Å². The molecule has 0 unspecified atom stereocenters. The van der Waals surface area contributed by atoms with Gasteiger partial charge in [0.05, 0.1) is 14.2 Å². The van der Waals surface area contributed by atoms with Gasteiger partial charge in [0.1, 0.15) is 11.3 Å². The molecule has 21 heavy (non-hydrogen) atoms. The van der Waals surface area contributed by atoms with Crippen molar-refractivity contribution in [3.05, 3.63) is 30.0 Å². The number of rotatable bonds is 5. The van der Waals surface area contributed by atoms with Crippen LogP contribution in [0.3, 0.4) is 0 Å². The van der Waals surface area contributed by atoms with Crippen LogP contribution in [-0.2, 0) is 0 Å². The summed E-state index contributed by atoms with van der Waals surface area (Å²) in [7, 11) is 3.08. The smallest absolute Gasteiger partial charge is 0.339 e. The summed E-state index contributed by atoms with van der Waals surface area (Å²) < 4.78 is 12.1. The normalized spacial score (nSPS) is 10.7. The van der Waals surface area contributed by atoms with E-state index in [2.05, 4.69) is 5.10 Å². The van der Waals surface area contributed by atoms with Crippen LogP contribution in [0.5, 0.6) is 11.5 Å². The number of carbonyl (C=O) groups is 1. The van der Waals surface area contributed by atoms with E-state index in [-0.39, 0.29) is 11.6 Å². The van der Waals surface area contributed by atoms with Crippen molar-refractivity contribution in [3.8, 4) is 22.8 Å². The highest BCUT2D eigenvalue weighted by molar-refractivity contribution is 5.94. The molecule has 112 valence electrons. The summed E-state index contributed by atoms with van der Waals surface area (Å²) in [5.41, 5.74) is 1.25. The largest absolute Gasteiger partial charge is 0.493 e. The average molecular weight is 290 g/mol. The molecule has 0 radical (unpaired) electrons. The molecular formula is C15H18N2O4. The van der Waals surface area contributed by atoms with Crippen molar-refractivity contribution >= 4 is 5.97 Å². The summed E-state index contributed by atoms with van der Waals surface area (Å²) in [6.07, 6.45) is 1.54. The quantitative estimate of drug-likeness (QED) is 0.916. The average Bonchev–Trinajstić information content (AvgIpc) is 2.92. The highest BCUT2D eigenvalue weighted by atomic mass is 16.5. The summed E-state index contributed by atoms with van der Waals surface area (Å²) in [5, 5.41) is 13.7. The molecule has 1 aromatic carbocycles. The van der Waals surface area contributed by atoms with E-state index in [1.54, 1.807) is 36.2 Å². The van der Waals surface area contributed by atoms with Gasteiger partial charge in [-0.2, -0.15) is 5.10 Å². The standard InChI is InChI=1S/C15H18N2O4/c1-9(2)17-8-11(15(18)19)14(16-17)10-5-6-12(20-3)13(7-10)21-4/h5-9H,1-4H3,(H,18,19). The zero-order valence-electron chi connectivity index (χ0n) is 12.5. The zero-order chi connectivity index (χ0) is 15.6. The minimum absolute atomic E-state index is 0.0805. The number of methoxy groups -OCH3 is 2. The first-order chi connectivity index (χ1) is 9.97. The lowest BCUT2D eigenvalue weighted by Gasteiger charge is -2.09. The third kappa shape index (κ3) is 2.84. The molecule has 0 aliphatic heterocycles. The Labute approximate surface area is 122 Å². The molecule has 1 N–H and O–H groups in total. The summed E-state index contributed by atoms with van der Waals surface area (Å²) >= 11 is 0. The summed E-state index contributed by atoms with van der Waals surface area (Å²) in [6.45, 7) is 3.88. The van der Waals surface area contributed by atoms with Crippen LogP contribution in [0, 0.1) is 0 Å². The number of ether oxygens (including phenoxy) is 2. The van der Waals surface area contributed by atoms with Crippen LogP contribution < -0.4 is 9.47 Å². The second kappa shape index (κ2) is 5.87. The number of carboxylic acids is 1. The molecule has 0 aliphatic rings. The molecule has 0 saturated heterocycles. The molecule has 0 aliphatic carbocycles. The maximum atomic E-state index is 11.4. The molecule has 6 heteroatoms. The van der Waals surface area contributed by atoms with Crippen molar-refractivity contribution in [3.63, 3.8) is 0 Å². The van der Waals surface area contributed by atoms with Crippen LogP contribution >= 0.6 is 0 Å². The Hall–Kier alpha value is -2.50. The first-order valence-electron chi connectivity index (χ1n) is 6.52. The van der Waals surface area contributed by atoms with Gasteiger partial charge in [0, 0.05) is 17.8 Å². The predicted molar refractivity (Wildman–Crippen MR) is 78.1 cm³/mol. The Morgan fingerprint density at radius 2 is 1.90 bits per heavy atom. The molecule has 1 aromatic heterocycles. The number of aromatic nitrogens is 2. The van der Waals surface area contributed by atoms with Gasteiger partial charge in [-0.25, -0.2) is 4.79 Å². The van der Waals surface area contributed by atoms with Crippen LogP contribution in [0.15, 0.2) is 24.4 Å². The van der Waals surface area contributed by atoms with Crippen molar-refractivity contribution < 1.29 is 19.4 Å². The topological polar surface area (TPSA) is 73.6 Å². The minimum Gasteiger partial charge on any atom is -0.493 e. The van der Waals surface area contributed by atoms with Crippen LogP contribution in [-0.4, -0.2) is 35.1 Å². The lowest BCUT2D eigenvalue weighted by atomic mass is 10.1. The second-order valence-electron chi connectivity index (χ2n) is 4.84. The lowest BCUT2D eigenvalue weighted by molar-refractivity contribution is 0.0697. The van der Waals surface area contributed by atoms with E-state index < -0.39 is 5.97 Å². The Morgan fingerprint density at radius 3 is 2.43 bits per heavy atom. The Kier molecular flexibility index (Phi) is 4.16. The third-order valence-electron chi connectivity index (χ3n) is 3.15. The van der Waals surface area contributed by atoms with Gasteiger partial charge in [0.25, 0.3) is 0 Å². The van der Waals surface area contributed by atoms with E-state index in [0.29, 0.717) is 22.8 Å². The molecule has 0 amide bonds. The predicted octanol–water partition coefficient (Wildman–Crippen LogP) is 2.85. The molecule has 2 rings (SSSR count). The minimum atomic E-state index is -1.01. The molecule has 0 atom stereocenters. The van der Waals surface area contributed by atoms with Crippen molar-refractivity contribution in [2.45, 2.75) is 19.9 Å². The molecule has 2 aromatic rings. The van der Waals surface area contributed by atoms with E-state index in [1.165, 1.54) is 7.11 Å². The van der Waals surface area contributed by atoms with Gasteiger partial charge in [-0.05, 0) is 32.0 Å². The lowest BCUT2D eigenvalue weighted by Crippen LogP contribution is -2.00. The Morgan fingerprint density at radius 1 is 1.24 bits per heavy atom. The first-order valence-corrected chi connectivity index (χ1v) is 6.52. The Balaban J connectivity index is 2.57. The van der Waals surface area contributed by atoms with Crippen LogP contribution in [0.4, 0.5) is 0 Å². The van der Waals surface area contributed by atoms with Crippen LogP contribution in [0.2, 0.25) is 0 Å². The van der Waals surface area contributed by atoms with Gasteiger partial charge in [-0.15, -0.1) is 0 Å². The summed E-state index contributed by atoms with van der Waals surface area (Å²) in [5.74, 6) is 0.110. The van der Waals surface area contributed by atoms with Crippen LogP contribution in [0.25, 0.3) is 11.3 Å². The summed E-state index contributed by atoms with van der Waals surface area (Å²) in [6, 6.07) is 5.30. The fraction of sp³-hybridized carbons (Fsp3) is 0.333.